The molecule has 0 saturated carbocycles. The summed E-state index contributed by atoms with van der Waals surface area (Å²) in [6, 6.07) is 8.22. The topological polar surface area (TPSA) is 53.1 Å². The van der Waals surface area contributed by atoms with Gasteiger partial charge in [0.2, 0.25) is 0 Å². The Hall–Kier alpha value is -2.03. The summed E-state index contributed by atoms with van der Waals surface area (Å²) >= 11 is 0. The van der Waals surface area contributed by atoms with Crippen LogP contribution in [0.3, 0.4) is 0 Å². The lowest BCUT2D eigenvalue weighted by Gasteiger charge is -2.05. The monoisotopic (exact) mass is 269 g/mol. The molecule has 0 saturated heterocycles. The van der Waals surface area contributed by atoms with Crippen LogP contribution >= 0.6 is 0 Å². The number of nitrogens with one attached hydrogen (secondary N) is 1. The van der Waals surface area contributed by atoms with Gasteiger partial charge in [0.1, 0.15) is 0 Å². The first-order chi connectivity index (χ1) is 9.56. The summed E-state index contributed by atoms with van der Waals surface area (Å²) in [4.78, 5) is 14.6. The molecule has 0 amide bonds. The standard InChI is InChI=1S/C17H19NO2/c1-10(2)16-14(17(19)20)9-15(18-16)13-7-6-11-4-3-5-12(11)8-13/h6-10,18H,3-5H2,1-2H3,(H,19,20). The highest BCUT2D eigenvalue weighted by Crippen LogP contribution is 2.30. The highest BCUT2D eigenvalue weighted by atomic mass is 16.4. The highest BCUT2D eigenvalue weighted by Gasteiger charge is 2.18. The van der Waals surface area contributed by atoms with Gasteiger partial charge >= 0.3 is 5.97 Å². The Balaban J connectivity index is 2.06. The van der Waals surface area contributed by atoms with Crippen LogP contribution in [0.15, 0.2) is 24.3 Å². The fraction of sp³-hybridized carbons (Fsp3) is 0.353. The van der Waals surface area contributed by atoms with Crippen molar-refractivity contribution in [2.24, 2.45) is 0 Å². The molecule has 104 valence electrons. The Labute approximate surface area is 118 Å². The van der Waals surface area contributed by atoms with Crippen LogP contribution in [-0.2, 0) is 12.8 Å². The number of carboxylic acid groups (broad SMARTS) is 1. The summed E-state index contributed by atoms with van der Waals surface area (Å²) in [6.45, 7) is 4.01. The number of H-pyrrole nitrogens is 1. The minimum atomic E-state index is -0.864. The Bertz CT molecular complexity index is 668. The first-order valence-electron chi connectivity index (χ1n) is 7.14. The van der Waals surface area contributed by atoms with Gasteiger partial charge in [0.15, 0.2) is 0 Å². The summed E-state index contributed by atoms with van der Waals surface area (Å²) in [7, 11) is 0. The number of hydrogen-bond donors (Lipinski definition) is 2. The molecule has 0 fully saturated rings. The number of aromatic amines is 1. The second kappa shape index (κ2) is 4.82. The van der Waals surface area contributed by atoms with E-state index in [0.29, 0.717) is 5.56 Å². The zero-order chi connectivity index (χ0) is 14.3. The maximum Gasteiger partial charge on any atom is 0.337 e. The van der Waals surface area contributed by atoms with E-state index in [9.17, 15) is 9.90 Å². The zero-order valence-corrected chi connectivity index (χ0v) is 11.9. The molecule has 1 aliphatic carbocycles. The lowest BCUT2D eigenvalue weighted by molar-refractivity contribution is 0.0695. The van der Waals surface area contributed by atoms with Crippen LogP contribution in [0.1, 0.15) is 53.4 Å². The van der Waals surface area contributed by atoms with Gasteiger partial charge in [0.25, 0.3) is 0 Å². The number of carboxylic acids is 1. The van der Waals surface area contributed by atoms with Crippen LogP contribution in [0.5, 0.6) is 0 Å². The largest absolute Gasteiger partial charge is 0.478 e. The predicted molar refractivity (Wildman–Crippen MR) is 79.3 cm³/mol. The Morgan fingerprint density at radius 3 is 2.60 bits per heavy atom. The third-order valence-electron chi connectivity index (χ3n) is 4.07. The normalized spacial score (nSPS) is 13.8. The molecule has 0 unspecified atom stereocenters. The van der Waals surface area contributed by atoms with E-state index in [0.717, 1.165) is 29.8 Å². The van der Waals surface area contributed by atoms with Crippen LogP contribution in [0.25, 0.3) is 11.3 Å². The van der Waals surface area contributed by atoms with Gasteiger partial charge in [-0.05, 0) is 54.0 Å². The van der Waals surface area contributed by atoms with E-state index in [1.54, 1.807) is 6.07 Å². The van der Waals surface area contributed by atoms with Gasteiger partial charge in [0.05, 0.1) is 5.56 Å². The second-order valence-corrected chi connectivity index (χ2v) is 5.81. The maximum absolute atomic E-state index is 11.3. The van der Waals surface area contributed by atoms with Gasteiger partial charge in [-0.25, -0.2) is 4.79 Å². The van der Waals surface area contributed by atoms with Crippen LogP contribution in [-0.4, -0.2) is 16.1 Å². The van der Waals surface area contributed by atoms with Crippen LogP contribution < -0.4 is 0 Å². The van der Waals surface area contributed by atoms with E-state index >= 15 is 0 Å². The molecule has 20 heavy (non-hydrogen) atoms. The average Bonchev–Trinajstić information content (AvgIpc) is 3.04. The number of carbonyl (C=O) groups is 1. The van der Waals surface area contributed by atoms with Crippen molar-refractivity contribution >= 4 is 5.97 Å². The van der Waals surface area contributed by atoms with Gasteiger partial charge in [-0.15, -0.1) is 0 Å². The highest BCUT2D eigenvalue weighted by molar-refractivity contribution is 5.91. The van der Waals surface area contributed by atoms with Crippen molar-refractivity contribution in [1.29, 1.82) is 0 Å². The Kier molecular flexibility index (Phi) is 3.13. The maximum atomic E-state index is 11.3. The zero-order valence-electron chi connectivity index (χ0n) is 11.9. The van der Waals surface area contributed by atoms with Gasteiger partial charge < -0.3 is 10.1 Å². The SMILES string of the molecule is CC(C)c1[nH]c(-c2ccc3c(c2)CCC3)cc1C(=O)O. The predicted octanol–water partition coefficient (Wildman–Crippen LogP) is 3.99. The quantitative estimate of drug-likeness (QED) is 0.885. The van der Waals surface area contributed by atoms with E-state index in [2.05, 4.69) is 23.2 Å². The third-order valence-corrected chi connectivity index (χ3v) is 4.07. The molecule has 2 N–H and O–H groups in total. The summed E-state index contributed by atoms with van der Waals surface area (Å²) < 4.78 is 0. The summed E-state index contributed by atoms with van der Waals surface area (Å²) in [5.41, 5.74) is 6.01. The van der Waals surface area contributed by atoms with Crippen LogP contribution in [0, 0.1) is 0 Å². The minimum absolute atomic E-state index is 0.171. The van der Waals surface area contributed by atoms with E-state index < -0.39 is 5.97 Å². The molecule has 2 aromatic rings. The lowest BCUT2D eigenvalue weighted by Crippen LogP contribution is -2.01. The number of aryl methyl sites for hydroxylation is 2. The van der Waals surface area contributed by atoms with Crippen molar-refractivity contribution in [1.82, 2.24) is 4.98 Å². The van der Waals surface area contributed by atoms with Crippen molar-refractivity contribution in [2.75, 3.05) is 0 Å². The molecule has 0 spiro atoms. The fourth-order valence-corrected chi connectivity index (χ4v) is 3.00. The van der Waals surface area contributed by atoms with Gasteiger partial charge in [0, 0.05) is 11.4 Å². The molecule has 0 aliphatic heterocycles. The lowest BCUT2D eigenvalue weighted by atomic mass is 10.0. The number of fused-ring (bicyclic) bond motifs is 1. The van der Waals surface area contributed by atoms with E-state index in [-0.39, 0.29) is 5.92 Å². The Morgan fingerprint density at radius 1 is 1.20 bits per heavy atom. The molecular weight excluding hydrogens is 250 g/mol. The molecule has 3 heteroatoms. The second-order valence-electron chi connectivity index (χ2n) is 5.81. The molecule has 3 nitrogen and oxygen atoms in total. The van der Waals surface area contributed by atoms with Gasteiger partial charge in [-0.1, -0.05) is 26.0 Å². The fourth-order valence-electron chi connectivity index (χ4n) is 3.00. The van der Waals surface area contributed by atoms with Crippen molar-refractivity contribution in [3.63, 3.8) is 0 Å². The smallest absolute Gasteiger partial charge is 0.337 e. The van der Waals surface area contributed by atoms with Crippen LogP contribution in [0.4, 0.5) is 0 Å². The first kappa shape index (κ1) is 13.0. The molecule has 1 aliphatic rings. The van der Waals surface area contributed by atoms with Crippen molar-refractivity contribution < 1.29 is 9.90 Å². The molecule has 3 rings (SSSR count). The molecule has 0 radical (unpaired) electrons. The summed E-state index contributed by atoms with van der Waals surface area (Å²) in [5, 5.41) is 9.31. The molecule has 0 bridgehead atoms. The van der Waals surface area contributed by atoms with Crippen LogP contribution in [0.2, 0.25) is 0 Å². The van der Waals surface area contributed by atoms with Gasteiger partial charge in [-0.3, -0.25) is 0 Å². The minimum Gasteiger partial charge on any atom is -0.478 e. The third kappa shape index (κ3) is 2.13. The summed E-state index contributed by atoms with van der Waals surface area (Å²) in [5.74, 6) is -0.693. The number of aromatic nitrogens is 1. The molecule has 0 atom stereocenters. The Morgan fingerprint density at radius 2 is 1.95 bits per heavy atom. The van der Waals surface area contributed by atoms with E-state index in [1.807, 2.05) is 13.8 Å². The number of aromatic carboxylic acids is 1. The van der Waals surface area contributed by atoms with Crippen molar-refractivity contribution in [2.45, 2.75) is 39.0 Å². The molecule has 1 aromatic carbocycles. The first-order valence-corrected chi connectivity index (χ1v) is 7.14. The van der Waals surface area contributed by atoms with Crippen molar-refractivity contribution in [3.05, 3.63) is 46.6 Å². The van der Waals surface area contributed by atoms with Gasteiger partial charge in [-0.2, -0.15) is 0 Å². The van der Waals surface area contributed by atoms with E-state index in [1.165, 1.54) is 17.5 Å². The van der Waals surface area contributed by atoms with Crippen molar-refractivity contribution in [3.8, 4) is 11.3 Å². The molecule has 1 aromatic heterocycles. The number of hydrogen-bond acceptors (Lipinski definition) is 1. The average molecular weight is 269 g/mol. The number of benzene rings is 1. The molecular formula is C17H19NO2. The molecule has 1 heterocycles. The summed E-state index contributed by atoms with van der Waals surface area (Å²) in [6.07, 6.45) is 3.52. The van der Waals surface area contributed by atoms with E-state index in [4.69, 9.17) is 0 Å². The number of rotatable bonds is 3.